The van der Waals surface area contributed by atoms with Gasteiger partial charge in [-0.25, -0.2) is 0 Å². The molecule has 0 spiro atoms. The van der Waals surface area contributed by atoms with Gasteiger partial charge >= 0.3 is 0 Å². The third-order valence-electron chi connectivity index (χ3n) is 1.66. The SMILES string of the molecule is CC.CC.CCC(=O)Nc1ccc(C)cc1. The highest BCUT2D eigenvalue weighted by Gasteiger charge is 1.96. The molecule has 0 unspecified atom stereocenters. The highest BCUT2D eigenvalue weighted by atomic mass is 16.1. The summed E-state index contributed by atoms with van der Waals surface area (Å²) in [5.74, 6) is 0.0545. The van der Waals surface area contributed by atoms with Crippen molar-refractivity contribution in [3.05, 3.63) is 29.8 Å². The topological polar surface area (TPSA) is 29.1 Å². The zero-order valence-electron chi connectivity index (χ0n) is 11.4. The van der Waals surface area contributed by atoms with Crippen molar-refractivity contribution in [2.45, 2.75) is 48.0 Å². The van der Waals surface area contributed by atoms with Crippen LogP contribution in [0.15, 0.2) is 24.3 Å². The molecule has 0 aliphatic rings. The molecule has 1 aromatic rings. The van der Waals surface area contributed by atoms with Crippen LogP contribution in [0.2, 0.25) is 0 Å². The van der Waals surface area contributed by atoms with Crippen molar-refractivity contribution < 1.29 is 4.79 Å². The van der Waals surface area contributed by atoms with Gasteiger partial charge in [0, 0.05) is 12.1 Å². The fourth-order valence-electron chi connectivity index (χ4n) is 0.886. The minimum atomic E-state index is 0.0545. The Kier molecular flexibility index (Phi) is 12.6. The van der Waals surface area contributed by atoms with Gasteiger partial charge in [-0.05, 0) is 19.1 Å². The minimum absolute atomic E-state index is 0.0545. The van der Waals surface area contributed by atoms with Crippen molar-refractivity contribution >= 4 is 11.6 Å². The molecule has 1 rings (SSSR count). The van der Waals surface area contributed by atoms with Gasteiger partial charge in [-0.3, -0.25) is 4.79 Å². The number of benzene rings is 1. The summed E-state index contributed by atoms with van der Waals surface area (Å²) < 4.78 is 0. The van der Waals surface area contributed by atoms with E-state index in [0.717, 1.165) is 5.69 Å². The summed E-state index contributed by atoms with van der Waals surface area (Å²) in [7, 11) is 0. The van der Waals surface area contributed by atoms with E-state index < -0.39 is 0 Å². The maximum atomic E-state index is 11.0. The minimum Gasteiger partial charge on any atom is -0.326 e. The molecule has 0 heterocycles. The van der Waals surface area contributed by atoms with Crippen molar-refractivity contribution in [2.24, 2.45) is 0 Å². The normalized spacial score (nSPS) is 7.88. The second-order valence-corrected chi connectivity index (χ2v) is 2.77. The molecule has 0 aliphatic carbocycles. The fourth-order valence-corrected chi connectivity index (χ4v) is 0.886. The first kappa shape index (κ1) is 17.1. The van der Waals surface area contributed by atoms with Gasteiger partial charge in [0.05, 0.1) is 0 Å². The molecular formula is C14H25NO. The first-order chi connectivity index (χ1) is 7.72. The van der Waals surface area contributed by atoms with E-state index in [1.54, 1.807) is 0 Å². The predicted molar refractivity (Wildman–Crippen MR) is 72.8 cm³/mol. The van der Waals surface area contributed by atoms with E-state index in [0.29, 0.717) is 6.42 Å². The first-order valence-electron chi connectivity index (χ1n) is 6.09. The Labute approximate surface area is 100 Å². The van der Waals surface area contributed by atoms with Gasteiger partial charge in [0.1, 0.15) is 0 Å². The lowest BCUT2D eigenvalue weighted by molar-refractivity contribution is -0.115. The second kappa shape index (κ2) is 11.8. The molecule has 0 fully saturated rings. The molecule has 92 valence electrons. The summed E-state index contributed by atoms with van der Waals surface area (Å²) in [4.78, 5) is 11.0. The molecule has 0 aliphatic heterocycles. The van der Waals surface area contributed by atoms with Crippen molar-refractivity contribution in [1.29, 1.82) is 0 Å². The van der Waals surface area contributed by atoms with Gasteiger partial charge in [-0.2, -0.15) is 0 Å². The molecule has 1 aromatic carbocycles. The second-order valence-electron chi connectivity index (χ2n) is 2.77. The van der Waals surface area contributed by atoms with Gasteiger partial charge in [0.25, 0.3) is 0 Å². The molecule has 2 nitrogen and oxygen atoms in total. The van der Waals surface area contributed by atoms with Crippen molar-refractivity contribution in [3.8, 4) is 0 Å². The molecule has 0 atom stereocenters. The van der Waals surface area contributed by atoms with Gasteiger partial charge in [-0.15, -0.1) is 0 Å². The van der Waals surface area contributed by atoms with E-state index in [1.807, 2.05) is 65.8 Å². The lowest BCUT2D eigenvalue weighted by atomic mass is 10.2. The molecule has 1 N–H and O–H groups in total. The van der Waals surface area contributed by atoms with E-state index in [2.05, 4.69) is 5.32 Å². The largest absolute Gasteiger partial charge is 0.326 e. The Bertz CT molecular complexity index is 265. The number of carbonyl (C=O) groups excluding carboxylic acids is 1. The maximum Gasteiger partial charge on any atom is 0.224 e. The number of anilines is 1. The van der Waals surface area contributed by atoms with E-state index in [1.165, 1.54) is 5.56 Å². The number of aryl methyl sites for hydroxylation is 1. The highest BCUT2D eigenvalue weighted by Crippen LogP contribution is 2.08. The summed E-state index contributed by atoms with van der Waals surface area (Å²) in [6.07, 6.45) is 0.522. The molecular weight excluding hydrogens is 198 g/mol. The summed E-state index contributed by atoms with van der Waals surface area (Å²) in [5.41, 5.74) is 2.07. The third-order valence-corrected chi connectivity index (χ3v) is 1.66. The Balaban J connectivity index is 0. The van der Waals surface area contributed by atoms with Crippen LogP contribution in [0.4, 0.5) is 5.69 Å². The van der Waals surface area contributed by atoms with Crippen molar-refractivity contribution in [1.82, 2.24) is 0 Å². The number of amides is 1. The predicted octanol–water partition coefficient (Wildman–Crippen LogP) is 4.40. The fraction of sp³-hybridized carbons (Fsp3) is 0.500. The number of hydrogen-bond donors (Lipinski definition) is 1. The molecule has 1 amide bonds. The van der Waals surface area contributed by atoms with Crippen LogP contribution in [-0.2, 0) is 4.79 Å². The Morgan fingerprint density at radius 2 is 1.50 bits per heavy atom. The molecule has 0 aromatic heterocycles. The highest BCUT2D eigenvalue weighted by molar-refractivity contribution is 5.90. The van der Waals surface area contributed by atoms with E-state index in [4.69, 9.17) is 0 Å². The summed E-state index contributed by atoms with van der Waals surface area (Å²) >= 11 is 0. The van der Waals surface area contributed by atoms with Crippen molar-refractivity contribution in [3.63, 3.8) is 0 Å². The standard InChI is InChI=1S/C10H13NO.2C2H6/c1-3-10(12)11-9-6-4-8(2)5-7-9;2*1-2/h4-7H,3H2,1-2H3,(H,11,12);2*1-2H3. The van der Waals surface area contributed by atoms with Crippen LogP contribution in [0, 0.1) is 6.92 Å². The average Bonchev–Trinajstić information content (AvgIpc) is 2.37. The Hall–Kier alpha value is -1.31. The molecule has 2 heteroatoms. The quantitative estimate of drug-likeness (QED) is 0.791. The van der Waals surface area contributed by atoms with Crippen LogP contribution >= 0.6 is 0 Å². The van der Waals surface area contributed by atoms with E-state index in [9.17, 15) is 4.79 Å². The summed E-state index contributed by atoms with van der Waals surface area (Å²) in [5, 5.41) is 2.78. The summed E-state index contributed by atoms with van der Waals surface area (Å²) in [6, 6.07) is 7.77. The molecule has 0 bridgehead atoms. The number of hydrogen-bond acceptors (Lipinski definition) is 1. The first-order valence-corrected chi connectivity index (χ1v) is 6.09. The average molecular weight is 223 g/mol. The van der Waals surface area contributed by atoms with Gasteiger partial charge in [-0.1, -0.05) is 52.3 Å². The van der Waals surface area contributed by atoms with Gasteiger partial charge < -0.3 is 5.32 Å². The number of nitrogens with one attached hydrogen (secondary N) is 1. The van der Waals surface area contributed by atoms with Gasteiger partial charge in [0.15, 0.2) is 0 Å². The van der Waals surface area contributed by atoms with Crippen LogP contribution in [0.5, 0.6) is 0 Å². The zero-order chi connectivity index (χ0) is 13.0. The lowest BCUT2D eigenvalue weighted by Crippen LogP contribution is -2.08. The van der Waals surface area contributed by atoms with Crippen LogP contribution in [0.3, 0.4) is 0 Å². The van der Waals surface area contributed by atoms with Crippen LogP contribution < -0.4 is 5.32 Å². The Morgan fingerprint density at radius 1 is 1.06 bits per heavy atom. The molecule has 0 radical (unpaired) electrons. The smallest absolute Gasteiger partial charge is 0.224 e. The number of rotatable bonds is 2. The lowest BCUT2D eigenvalue weighted by Gasteiger charge is -2.02. The zero-order valence-corrected chi connectivity index (χ0v) is 11.4. The van der Waals surface area contributed by atoms with Gasteiger partial charge in [0.2, 0.25) is 5.91 Å². The number of carbonyl (C=O) groups is 1. The van der Waals surface area contributed by atoms with Crippen LogP contribution in [0.1, 0.15) is 46.6 Å². The summed E-state index contributed by atoms with van der Waals surface area (Å²) in [6.45, 7) is 11.9. The molecule has 0 saturated heterocycles. The third kappa shape index (κ3) is 8.04. The van der Waals surface area contributed by atoms with Crippen molar-refractivity contribution in [2.75, 3.05) is 5.32 Å². The van der Waals surface area contributed by atoms with Crippen LogP contribution in [0.25, 0.3) is 0 Å². The monoisotopic (exact) mass is 223 g/mol. The van der Waals surface area contributed by atoms with E-state index >= 15 is 0 Å². The molecule has 0 saturated carbocycles. The molecule has 16 heavy (non-hydrogen) atoms. The van der Waals surface area contributed by atoms with Crippen LogP contribution in [-0.4, -0.2) is 5.91 Å². The Morgan fingerprint density at radius 3 is 1.88 bits per heavy atom. The maximum absolute atomic E-state index is 11.0. The van der Waals surface area contributed by atoms with E-state index in [-0.39, 0.29) is 5.91 Å².